The van der Waals surface area contributed by atoms with Crippen LogP contribution in [0.3, 0.4) is 0 Å². The third-order valence-electron chi connectivity index (χ3n) is 4.81. The molecule has 2 aliphatic carbocycles. The summed E-state index contributed by atoms with van der Waals surface area (Å²) in [6.07, 6.45) is 12.2. The van der Waals surface area contributed by atoms with Crippen LogP contribution in [0.15, 0.2) is 0 Å². The SMILES string of the molecule is CC(C)CN(CC1(N)CCCCC1)C1CCCC1. The molecular formula is C16H32N2. The molecule has 0 bridgehead atoms. The Balaban J connectivity index is 1.94. The van der Waals surface area contributed by atoms with Crippen molar-refractivity contribution in [2.75, 3.05) is 13.1 Å². The predicted molar refractivity (Wildman–Crippen MR) is 78.7 cm³/mol. The quantitative estimate of drug-likeness (QED) is 0.811. The lowest BCUT2D eigenvalue weighted by molar-refractivity contribution is 0.117. The second-order valence-corrected chi connectivity index (χ2v) is 7.18. The molecule has 0 aromatic carbocycles. The van der Waals surface area contributed by atoms with E-state index in [0.29, 0.717) is 0 Å². The zero-order valence-electron chi connectivity index (χ0n) is 12.5. The van der Waals surface area contributed by atoms with Gasteiger partial charge in [0.1, 0.15) is 0 Å². The molecule has 106 valence electrons. The fraction of sp³-hybridized carbons (Fsp3) is 1.00. The van der Waals surface area contributed by atoms with Gasteiger partial charge >= 0.3 is 0 Å². The second-order valence-electron chi connectivity index (χ2n) is 7.18. The molecule has 2 rings (SSSR count). The third-order valence-corrected chi connectivity index (χ3v) is 4.81. The van der Waals surface area contributed by atoms with Gasteiger partial charge in [0.2, 0.25) is 0 Å². The van der Waals surface area contributed by atoms with Crippen molar-refractivity contribution < 1.29 is 0 Å². The molecular weight excluding hydrogens is 220 g/mol. The maximum Gasteiger partial charge on any atom is 0.0283 e. The molecule has 2 aliphatic rings. The van der Waals surface area contributed by atoms with Crippen molar-refractivity contribution in [3.63, 3.8) is 0 Å². The Morgan fingerprint density at radius 1 is 1.06 bits per heavy atom. The Kier molecular flexibility index (Phi) is 5.08. The molecule has 0 heterocycles. The summed E-state index contributed by atoms with van der Waals surface area (Å²) in [5, 5.41) is 0. The van der Waals surface area contributed by atoms with E-state index in [-0.39, 0.29) is 5.54 Å². The van der Waals surface area contributed by atoms with Gasteiger partial charge in [-0.15, -0.1) is 0 Å². The molecule has 0 saturated heterocycles. The minimum absolute atomic E-state index is 0.121. The van der Waals surface area contributed by atoms with Crippen molar-refractivity contribution in [3.8, 4) is 0 Å². The molecule has 0 aromatic heterocycles. The number of hydrogen-bond acceptors (Lipinski definition) is 2. The highest BCUT2D eigenvalue weighted by atomic mass is 15.2. The minimum Gasteiger partial charge on any atom is -0.324 e. The first-order chi connectivity index (χ1) is 8.59. The average Bonchev–Trinajstić information content (AvgIpc) is 2.81. The summed E-state index contributed by atoms with van der Waals surface area (Å²) >= 11 is 0. The van der Waals surface area contributed by atoms with Crippen LogP contribution in [-0.2, 0) is 0 Å². The molecule has 0 unspecified atom stereocenters. The summed E-state index contributed by atoms with van der Waals surface area (Å²) in [5.41, 5.74) is 6.78. The first kappa shape index (κ1) is 14.3. The van der Waals surface area contributed by atoms with Gasteiger partial charge < -0.3 is 5.73 Å². The zero-order valence-corrected chi connectivity index (χ0v) is 12.5. The maximum atomic E-state index is 6.66. The number of nitrogens with zero attached hydrogens (tertiary/aromatic N) is 1. The second kappa shape index (κ2) is 6.38. The molecule has 0 spiro atoms. The normalized spacial score (nSPS) is 25.2. The first-order valence-corrected chi connectivity index (χ1v) is 8.12. The molecule has 0 radical (unpaired) electrons. The molecule has 0 amide bonds. The van der Waals surface area contributed by atoms with E-state index in [2.05, 4.69) is 18.7 Å². The monoisotopic (exact) mass is 252 g/mol. The van der Waals surface area contributed by atoms with Crippen molar-refractivity contribution in [1.29, 1.82) is 0 Å². The van der Waals surface area contributed by atoms with E-state index < -0.39 is 0 Å². The number of hydrogen-bond donors (Lipinski definition) is 1. The van der Waals surface area contributed by atoms with Crippen molar-refractivity contribution in [2.45, 2.75) is 83.2 Å². The minimum atomic E-state index is 0.121. The highest BCUT2D eigenvalue weighted by Gasteiger charge is 2.33. The third kappa shape index (κ3) is 3.96. The molecule has 2 nitrogen and oxygen atoms in total. The Hall–Kier alpha value is -0.0800. The van der Waals surface area contributed by atoms with Crippen LogP contribution in [0.25, 0.3) is 0 Å². The Morgan fingerprint density at radius 2 is 1.67 bits per heavy atom. The van der Waals surface area contributed by atoms with Gasteiger partial charge in [-0.1, -0.05) is 46.0 Å². The van der Waals surface area contributed by atoms with Crippen molar-refractivity contribution in [3.05, 3.63) is 0 Å². The van der Waals surface area contributed by atoms with Gasteiger partial charge in [0.05, 0.1) is 0 Å². The van der Waals surface area contributed by atoms with Crippen LogP contribution in [-0.4, -0.2) is 29.6 Å². The van der Waals surface area contributed by atoms with Crippen molar-refractivity contribution in [2.24, 2.45) is 11.7 Å². The van der Waals surface area contributed by atoms with E-state index >= 15 is 0 Å². The van der Waals surface area contributed by atoms with Crippen LogP contribution in [0.5, 0.6) is 0 Å². The van der Waals surface area contributed by atoms with E-state index in [9.17, 15) is 0 Å². The Labute approximate surface area is 113 Å². The lowest BCUT2D eigenvalue weighted by atomic mass is 9.81. The van der Waals surface area contributed by atoms with Gasteiger partial charge in [-0.25, -0.2) is 0 Å². The standard InChI is InChI=1S/C16H32N2/c1-14(2)12-18(15-8-4-5-9-15)13-16(17)10-6-3-7-11-16/h14-15H,3-13,17H2,1-2H3. The molecule has 0 aliphatic heterocycles. The molecule has 2 N–H and O–H groups in total. The summed E-state index contributed by atoms with van der Waals surface area (Å²) in [6.45, 7) is 7.07. The Bertz CT molecular complexity index is 237. The van der Waals surface area contributed by atoms with Gasteiger partial charge in [-0.3, -0.25) is 4.90 Å². The lowest BCUT2D eigenvalue weighted by Gasteiger charge is -2.41. The van der Waals surface area contributed by atoms with E-state index in [1.165, 1.54) is 64.3 Å². The van der Waals surface area contributed by atoms with Crippen LogP contribution in [0, 0.1) is 5.92 Å². The number of nitrogens with two attached hydrogens (primary N) is 1. The molecule has 2 heteroatoms. The van der Waals surface area contributed by atoms with E-state index in [1.54, 1.807) is 0 Å². The zero-order chi connectivity index (χ0) is 13.0. The van der Waals surface area contributed by atoms with Gasteiger partial charge in [0.25, 0.3) is 0 Å². The van der Waals surface area contributed by atoms with Gasteiger partial charge in [0.15, 0.2) is 0 Å². The van der Waals surface area contributed by atoms with E-state index in [4.69, 9.17) is 5.73 Å². The van der Waals surface area contributed by atoms with Gasteiger partial charge in [0, 0.05) is 24.7 Å². The summed E-state index contributed by atoms with van der Waals surface area (Å²) in [7, 11) is 0. The summed E-state index contributed by atoms with van der Waals surface area (Å²) in [5.74, 6) is 0.762. The molecule has 18 heavy (non-hydrogen) atoms. The Morgan fingerprint density at radius 3 is 2.22 bits per heavy atom. The molecule has 2 fully saturated rings. The van der Waals surface area contributed by atoms with Crippen molar-refractivity contribution >= 4 is 0 Å². The van der Waals surface area contributed by atoms with Crippen LogP contribution in [0.1, 0.15) is 71.6 Å². The van der Waals surface area contributed by atoms with Crippen LogP contribution >= 0.6 is 0 Å². The maximum absolute atomic E-state index is 6.66. The predicted octanol–water partition coefficient (Wildman–Crippen LogP) is 3.55. The summed E-state index contributed by atoms with van der Waals surface area (Å²) < 4.78 is 0. The topological polar surface area (TPSA) is 29.3 Å². The molecule has 0 atom stereocenters. The van der Waals surface area contributed by atoms with E-state index in [1.807, 2.05) is 0 Å². The summed E-state index contributed by atoms with van der Waals surface area (Å²) in [6, 6.07) is 0.828. The largest absolute Gasteiger partial charge is 0.324 e. The molecule has 0 aromatic rings. The summed E-state index contributed by atoms with van der Waals surface area (Å²) in [4.78, 5) is 2.74. The highest BCUT2D eigenvalue weighted by Crippen LogP contribution is 2.30. The van der Waals surface area contributed by atoms with Crippen LogP contribution in [0.2, 0.25) is 0 Å². The average molecular weight is 252 g/mol. The van der Waals surface area contributed by atoms with Crippen LogP contribution < -0.4 is 5.73 Å². The smallest absolute Gasteiger partial charge is 0.0283 e. The number of rotatable bonds is 5. The fourth-order valence-corrected chi connectivity index (χ4v) is 3.90. The first-order valence-electron chi connectivity index (χ1n) is 8.12. The van der Waals surface area contributed by atoms with Gasteiger partial charge in [-0.2, -0.15) is 0 Å². The molecule has 2 saturated carbocycles. The van der Waals surface area contributed by atoms with Crippen LogP contribution in [0.4, 0.5) is 0 Å². The lowest BCUT2D eigenvalue weighted by Crippen LogP contribution is -2.54. The fourth-order valence-electron chi connectivity index (χ4n) is 3.90. The van der Waals surface area contributed by atoms with E-state index in [0.717, 1.165) is 18.5 Å². The van der Waals surface area contributed by atoms with Crippen molar-refractivity contribution in [1.82, 2.24) is 4.90 Å². The van der Waals surface area contributed by atoms with Gasteiger partial charge in [-0.05, 0) is 31.6 Å². The highest BCUT2D eigenvalue weighted by molar-refractivity contribution is 4.92.